The number of hydrogen-bond donors (Lipinski definition) is 3. The maximum absolute atomic E-state index is 13.0. The Labute approximate surface area is 257 Å². The molecule has 0 saturated heterocycles. The molecule has 0 radical (unpaired) electrons. The first-order valence-electron chi connectivity index (χ1n) is 13.7. The number of aliphatic hydroxyl groups excluding tert-OH is 1. The van der Waals surface area contributed by atoms with Gasteiger partial charge in [0.1, 0.15) is 5.75 Å². The fraction of sp³-hybridized carbons (Fsp3) is 0.194. The van der Waals surface area contributed by atoms with Crippen LogP contribution in [0.4, 0.5) is 18.9 Å². The molecule has 2 heterocycles. The van der Waals surface area contributed by atoms with E-state index in [9.17, 15) is 26.7 Å². The molecule has 14 heteroatoms. The molecule has 0 aliphatic rings. The van der Waals surface area contributed by atoms with Crippen LogP contribution in [0.3, 0.4) is 0 Å². The van der Waals surface area contributed by atoms with Crippen LogP contribution in [-0.2, 0) is 29.2 Å². The molecule has 0 spiro atoms. The third kappa shape index (κ3) is 8.65. The van der Waals surface area contributed by atoms with Crippen molar-refractivity contribution in [2.24, 2.45) is 0 Å². The number of benzene rings is 3. The Morgan fingerprint density at radius 3 is 2.47 bits per heavy atom. The van der Waals surface area contributed by atoms with E-state index < -0.39 is 27.9 Å². The first-order chi connectivity index (χ1) is 21.6. The van der Waals surface area contributed by atoms with Gasteiger partial charge in [-0.1, -0.05) is 29.4 Å². The fourth-order valence-corrected chi connectivity index (χ4v) is 5.30. The zero-order valence-electron chi connectivity index (χ0n) is 23.6. The van der Waals surface area contributed by atoms with Gasteiger partial charge in [-0.15, -0.1) is 0 Å². The van der Waals surface area contributed by atoms with Crippen molar-refractivity contribution in [2.45, 2.75) is 30.2 Å². The number of rotatable bonds is 13. The summed E-state index contributed by atoms with van der Waals surface area (Å²) in [5, 5.41) is 17.2. The summed E-state index contributed by atoms with van der Waals surface area (Å²) >= 11 is 0. The molecule has 1 unspecified atom stereocenters. The number of nitrogens with zero attached hydrogens (tertiary/aromatic N) is 3. The first kappa shape index (κ1) is 31.6. The van der Waals surface area contributed by atoms with E-state index in [2.05, 4.69) is 25.2 Å². The lowest BCUT2D eigenvalue weighted by Gasteiger charge is -2.12. The average molecular weight is 640 g/mol. The molecule has 1 atom stereocenters. The number of ether oxygens (including phenoxy) is 1. The maximum atomic E-state index is 13.0. The monoisotopic (exact) mass is 639 g/mol. The minimum absolute atomic E-state index is 0.00771. The van der Waals surface area contributed by atoms with Gasteiger partial charge in [0, 0.05) is 35.8 Å². The summed E-state index contributed by atoms with van der Waals surface area (Å²) in [6.45, 7) is 0.753. The van der Waals surface area contributed by atoms with Crippen molar-refractivity contribution in [3.63, 3.8) is 0 Å². The highest BCUT2D eigenvalue weighted by atomic mass is 32.2. The van der Waals surface area contributed by atoms with Gasteiger partial charge < -0.3 is 19.7 Å². The number of hydrogen-bond acceptors (Lipinski definition) is 9. The summed E-state index contributed by atoms with van der Waals surface area (Å²) in [4.78, 5) is 8.19. The van der Waals surface area contributed by atoms with Gasteiger partial charge in [0.05, 0.1) is 16.6 Å². The second kappa shape index (κ2) is 13.9. The molecule has 3 aromatic carbocycles. The summed E-state index contributed by atoms with van der Waals surface area (Å²) in [5.74, 6) is 0.181. The second-order valence-corrected chi connectivity index (χ2v) is 11.6. The molecule has 10 nitrogen and oxygen atoms in total. The summed E-state index contributed by atoms with van der Waals surface area (Å²) in [6, 6.07) is 20.8. The van der Waals surface area contributed by atoms with Crippen molar-refractivity contribution in [1.82, 2.24) is 20.4 Å². The van der Waals surface area contributed by atoms with Crippen LogP contribution in [0.5, 0.6) is 5.75 Å². The molecule has 5 rings (SSSR count). The third-order valence-corrected chi connectivity index (χ3v) is 8.02. The molecule has 234 valence electrons. The fourth-order valence-electron chi connectivity index (χ4n) is 4.24. The van der Waals surface area contributed by atoms with Gasteiger partial charge in [-0.25, -0.2) is 8.42 Å². The van der Waals surface area contributed by atoms with Gasteiger partial charge in [-0.2, -0.15) is 18.2 Å². The van der Waals surface area contributed by atoms with E-state index in [1.54, 1.807) is 30.6 Å². The quantitative estimate of drug-likeness (QED) is 0.145. The highest BCUT2D eigenvalue weighted by Crippen LogP contribution is 2.31. The van der Waals surface area contributed by atoms with E-state index in [-0.39, 0.29) is 29.0 Å². The summed E-state index contributed by atoms with van der Waals surface area (Å²) < 4.78 is 77.7. The number of anilines is 1. The lowest BCUT2D eigenvalue weighted by Crippen LogP contribution is -2.23. The molecule has 0 amide bonds. The molecule has 0 aliphatic heterocycles. The zero-order chi connectivity index (χ0) is 31.9. The van der Waals surface area contributed by atoms with Gasteiger partial charge >= 0.3 is 6.18 Å². The number of aliphatic hydroxyl groups is 1. The van der Waals surface area contributed by atoms with Crippen molar-refractivity contribution in [3.05, 3.63) is 120 Å². The summed E-state index contributed by atoms with van der Waals surface area (Å²) in [5.41, 5.74) is 1.75. The molecule has 3 N–H and O–H groups in total. The van der Waals surface area contributed by atoms with Crippen LogP contribution in [-0.4, -0.2) is 41.7 Å². The van der Waals surface area contributed by atoms with E-state index in [1.165, 1.54) is 36.4 Å². The minimum Gasteiger partial charge on any atom is -0.484 e. The van der Waals surface area contributed by atoms with E-state index in [1.807, 2.05) is 18.2 Å². The Bertz CT molecular complexity index is 1800. The smallest absolute Gasteiger partial charge is 0.416 e. The Morgan fingerprint density at radius 1 is 0.978 bits per heavy atom. The SMILES string of the molecule is O=S(=O)(Nc1ccc(CCNCC(O)c2cccnc2)cc1)c1ccc(-c2noc(COc3cccc(C(F)(F)F)c3)n2)cc1. The predicted octanol–water partition coefficient (Wildman–Crippen LogP) is 5.40. The van der Waals surface area contributed by atoms with E-state index in [4.69, 9.17) is 9.26 Å². The van der Waals surface area contributed by atoms with Crippen LogP contribution in [0.25, 0.3) is 11.4 Å². The molecule has 0 bridgehead atoms. The van der Waals surface area contributed by atoms with Crippen molar-refractivity contribution in [2.75, 3.05) is 17.8 Å². The molecule has 0 saturated carbocycles. The van der Waals surface area contributed by atoms with Crippen LogP contribution >= 0.6 is 0 Å². The van der Waals surface area contributed by atoms with Gasteiger partial charge in [0.25, 0.3) is 15.9 Å². The standard InChI is InChI=1S/C31H28F3N5O5S/c32-31(33,34)24-4-1-5-26(17-24)43-20-29-37-30(38-44-29)22-8-12-27(13-9-22)45(41,42)39-25-10-6-21(7-11-25)14-16-36-19-28(40)23-3-2-15-35-18-23/h1-13,15,17-18,28,36,39-40H,14,16,19-20H2. The largest absolute Gasteiger partial charge is 0.484 e. The van der Waals surface area contributed by atoms with Crippen LogP contribution in [0.2, 0.25) is 0 Å². The average Bonchev–Trinajstić information content (AvgIpc) is 3.52. The Hall–Kier alpha value is -4.79. The maximum Gasteiger partial charge on any atom is 0.416 e. The Morgan fingerprint density at radius 2 is 1.76 bits per heavy atom. The number of alkyl halides is 3. The zero-order valence-corrected chi connectivity index (χ0v) is 24.4. The number of halogens is 3. The summed E-state index contributed by atoms with van der Waals surface area (Å²) in [7, 11) is -3.89. The lowest BCUT2D eigenvalue weighted by molar-refractivity contribution is -0.137. The van der Waals surface area contributed by atoms with E-state index in [0.29, 0.717) is 30.8 Å². The number of sulfonamides is 1. The Balaban J connectivity index is 1.11. The van der Waals surface area contributed by atoms with Gasteiger partial charge in [0.15, 0.2) is 6.61 Å². The Kier molecular flexibility index (Phi) is 9.76. The van der Waals surface area contributed by atoms with Crippen LogP contribution in [0.15, 0.2) is 107 Å². The molecule has 2 aromatic heterocycles. The number of aromatic nitrogens is 3. The van der Waals surface area contributed by atoms with E-state index in [0.717, 1.165) is 23.3 Å². The van der Waals surface area contributed by atoms with Crippen LogP contribution in [0.1, 0.15) is 28.7 Å². The predicted molar refractivity (Wildman–Crippen MR) is 159 cm³/mol. The molecular formula is C31H28F3N5O5S. The molecular weight excluding hydrogens is 611 g/mol. The molecule has 0 aliphatic carbocycles. The van der Waals surface area contributed by atoms with E-state index >= 15 is 0 Å². The summed E-state index contributed by atoms with van der Waals surface area (Å²) in [6.07, 6.45) is -1.20. The topological polar surface area (TPSA) is 139 Å². The minimum atomic E-state index is -4.50. The number of nitrogens with one attached hydrogen (secondary N) is 2. The van der Waals surface area contributed by atoms with Crippen molar-refractivity contribution in [1.29, 1.82) is 0 Å². The van der Waals surface area contributed by atoms with Gasteiger partial charge in [-0.05, 0) is 79.2 Å². The lowest BCUT2D eigenvalue weighted by atomic mass is 10.1. The van der Waals surface area contributed by atoms with Crippen molar-refractivity contribution in [3.8, 4) is 17.1 Å². The van der Waals surface area contributed by atoms with Crippen LogP contribution < -0.4 is 14.8 Å². The highest BCUT2D eigenvalue weighted by molar-refractivity contribution is 7.92. The van der Waals surface area contributed by atoms with Crippen molar-refractivity contribution < 1.29 is 36.0 Å². The van der Waals surface area contributed by atoms with Crippen molar-refractivity contribution >= 4 is 15.7 Å². The molecule has 0 fully saturated rings. The normalized spacial score (nSPS) is 12.5. The molecule has 5 aromatic rings. The van der Waals surface area contributed by atoms with Crippen LogP contribution in [0, 0.1) is 0 Å². The molecule has 45 heavy (non-hydrogen) atoms. The first-order valence-corrected chi connectivity index (χ1v) is 15.2. The van der Waals surface area contributed by atoms with Gasteiger partial charge in [0.2, 0.25) is 5.82 Å². The second-order valence-electron chi connectivity index (χ2n) is 9.91. The number of pyridine rings is 1. The van der Waals surface area contributed by atoms with Gasteiger partial charge in [-0.3, -0.25) is 9.71 Å². The highest BCUT2D eigenvalue weighted by Gasteiger charge is 2.30. The third-order valence-electron chi connectivity index (χ3n) is 6.62.